The van der Waals surface area contributed by atoms with E-state index in [1.54, 1.807) is 55.6 Å². The lowest BCUT2D eigenvalue weighted by Gasteiger charge is -2.19. The summed E-state index contributed by atoms with van der Waals surface area (Å²) in [6.07, 6.45) is 1.56. The van der Waals surface area contributed by atoms with Crippen LogP contribution in [-0.2, 0) is 16.1 Å². The molecular formula is C21H19N3O6. The van der Waals surface area contributed by atoms with Crippen LogP contribution in [0, 0.1) is 6.92 Å². The summed E-state index contributed by atoms with van der Waals surface area (Å²) in [5.41, 5.74) is 1.35. The molecule has 3 rings (SSSR count). The molecule has 0 unspecified atom stereocenters. The molecule has 0 spiro atoms. The Morgan fingerprint density at radius 2 is 1.97 bits per heavy atom. The number of carbonyl (C=O) groups is 3. The summed E-state index contributed by atoms with van der Waals surface area (Å²) in [5.74, 6) is -1.85. The van der Waals surface area contributed by atoms with Gasteiger partial charge in [0.1, 0.15) is 12.3 Å². The summed E-state index contributed by atoms with van der Waals surface area (Å²) in [7, 11) is 0. The van der Waals surface area contributed by atoms with Gasteiger partial charge in [-0.25, -0.2) is 4.98 Å². The highest BCUT2D eigenvalue weighted by molar-refractivity contribution is 5.94. The molecule has 0 saturated carbocycles. The van der Waals surface area contributed by atoms with E-state index < -0.39 is 24.4 Å². The van der Waals surface area contributed by atoms with E-state index in [0.717, 1.165) is 4.90 Å². The minimum Gasteiger partial charge on any atom is -0.480 e. The number of ether oxygens (including phenoxy) is 1. The van der Waals surface area contributed by atoms with Crippen LogP contribution in [-0.4, -0.2) is 44.4 Å². The maximum absolute atomic E-state index is 13.0. The first-order valence-electron chi connectivity index (χ1n) is 9.00. The number of aliphatic carboxylic acids is 1. The van der Waals surface area contributed by atoms with Gasteiger partial charge in [0.05, 0.1) is 17.9 Å². The zero-order chi connectivity index (χ0) is 21.7. The predicted molar refractivity (Wildman–Crippen MR) is 105 cm³/mol. The fourth-order valence-electron chi connectivity index (χ4n) is 2.77. The zero-order valence-electron chi connectivity index (χ0n) is 16.4. The second kappa shape index (κ2) is 8.99. The second-order valence-corrected chi connectivity index (χ2v) is 6.43. The Hall–Kier alpha value is -4.01. The molecule has 0 fully saturated rings. The summed E-state index contributed by atoms with van der Waals surface area (Å²) in [6.45, 7) is 2.36. The first-order chi connectivity index (χ1) is 14.3. The molecule has 1 N–H and O–H groups in total. The summed E-state index contributed by atoms with van der Waals surface area (Å²) in [5, 5.41) is 9.21. The topological polar surface area (TPSA) is 123 Å². The van der Waals surface area contributed by atoms with Crippen molar-refractivity contribution in [2.75, 3.05) is 6.54 Å². The number of aromatic nitrogens is 2. The van der Waals surface area contributed by atoms with E-state index in [4.69, 9.17) is 9.15 Å². The molecule has 9 nitrogen and oxygen atoms in total. The van der Waals surface area contributed by atoms with Gasteiger partial charge in [0.2, 0.25) is 11.7 Å². The van der Waals surface area contributed by atoms with Crippen molar-refractivity contribution < 1.29 is 28.6 Å². The molecule has 154 valence electrons. The highest BCUT2D eigenvalue weighted by atomic mass is 16.5. The number of carbonyl (C=O) groups excluding carboxylic acids is 2. The zero-order valence-corrected chi connectivity index (χ0v) is 16.4. The molecular weight excluding hydrogens is 390 g/mol. The van der Waals surface area contributed by atoms with Crippen LogP contribution in [0.2, 0.25) is 0 Å². The normalized spacial score (nSPS) is 10.5. The molecule has 1 amide bonds. The average Bonchev–Trinajstić information content (AvgIpc) is 3.09. The number of aryl methyl sites for hydroxylation is 1. The van der Waals surface area contributed by atoms with E-state index in [1.807, 2.05) is 0 Å². The van der Waals surface area contributed by atoms with Crippen LogP contribution >= 0.6 is 0 Å². The summed E-state index contributed by atoms with van der Waals surface area (Å²) < 4.78 is 10.7. The fraction of sp³-hybridized carbons (Fsp3) is 0.190. The quantitative estimate of drug-likeness (QED) is 0.467. The van der Waals surface area contributed by atoms with Gasteiger partial charge in [-0.2, -0.15) is 0 Å². The molecule has 0 saturated heterocycles. The molecule has 3 aromatic rings. The Balaban J connectivity index is 1.89. The maximum Gasteiger partial charge on any atom is 0.323 e. The molecule has 2 heterocycles. The van der Waals surface area contributed by atoms with Gasteiger partial charge in [0.25, 0.3) is 5.91 Å². The van der Waals surface area contributed by atoms with E-state index in [0.29, 0.717) is 22.7 Å². The largest absolute Gasteiger partial charge is 0.480 e. The number of esters is 1. The van der Waals surface area contributed by atoms with Crippen molar-refractivity contribution in [1.29, 1.82) is 0 Å². The standard InChI is InChI=1S/C21H19N3O6/c1-13-19(21(28)24(12-18(26)27)11-16-7-3-4-9-22-16)30-20(23-13)15-6-5-8-17(10-15)29-14(2)25/h3-10H,11-12H2,1-2H3,(H,26,27). The Labute approximate surface area is 171 Å². The predicted octanol–water partition coefficient (Wildman–Crippen LogP) is 2.70. The van der Waals surface area contributed by atoms with Gasteiger partial charge in [-0.1, -0.05) is 12.1 Å². The van der Waals surface area contributed by atoms with Crippen LogP contribution in [0.4, 0.5) is 0 Å². The van der Waals surface area contributed by atoms with Crippen molar-refractivity contribution >= 4 is 17.8 Å². The number of nitrogens with zero attached hydrogens (tertiary/aromatic N) is 3. The molecule has 9 heteroatoms. The lowest BCUT2D eigenvalue weighted by Crippen LogP contribution is -2.35. The maximum atomic E-state index is 13.0. The van der Waals surface area contributed by atoms with Gasteiger partial charge in [0, 0.05) is 18.7 Å². The SMILES string of the molecule is CC(=O)Oc1cccc(-c2nc(C)c(C(=O)N(CC(=O)O)Cc3ccccn3)o2)c1. The molecule has 1 aromatic carbocycles. The van der Waals surface area contributed by atoms with E-state index in [-0.39, 0.29) is 18.2 Å². The number of benzene rings is 1. The summed E-state index contributed by atoms with van der Waals surface area (Å²) >= 11 is 0. The van der Waals surface area contributed by atoms with E-state index in [1.165, 1.54) is 6.92 Å². The Bertz CT molecular complexity index is 1080. The van der Waals surface area contributed by atoms with Gasteiger partial charge in [-0.15, -0.1) is 0 Å². The van der Waals surface area contributed by atoms with Crippen LogP contribution in [0.25, 0.3) is 11.5 Å². The first-order valence-corrected chi connectivity index (χ1v) is 9.00. The molecule has 0 radical (unpaired) electrons. The number of rotatable bonds is 7. The third kappa shape index (κ3) is 5.07. The van der Waals surface area contributed by atoms with Gasteiger partial charge < -0.3 is 19.2 Å². The number of hydrogen-bond acceptors (Lipinski definition) is 7. The van der Waals surface area contributed by atoms with Crippen LogP contribution < -0.4 is 4.74 Å². The van der Waals surface area contributed by atoms with Crippen LogP contribution in [0.1, 0.15) is 28.9 Å². The first kappa shape index (κ1) is 20.7. The minimum atomic E-state index is -1.16. The van der Waals surface area contributed by atoms with Gasteiger partial charge >= 0.3 is 11.9 Å². The van der Waals surface area contributed by atoms with Crippen molar-refractivity contribution in [3.05, 3.63) is 65.8 Å². The number of hydrogen-bond donors (Lipinski definition) is 1. The fourth-order valence-corrected chi connectivity index (χ4v) is 2.77. The lowest BCUT2D eigenvalue weighted by atomic mass is 10.2. The third-order valence-electron chi connectivity index (χ3n) is 4.03. The average molecular weight is 409 g/mol. The van der Waals surface area contributed by atoms with E-state index in [2.05, 4.69) is 9.97 Å². The van der Waals surface area contributed by atoms with Crippen molar-refractivity contribution in [2.45, 2.75) is 20.4 Å². The highest BCUT2D eigenvalue weighted by Crippen LogP contribution is 2.26. The molecule has 0 aliphatic rings. The van der Waals surface area contributed by atoms with Gasteiger partial charge in [-0.05, 0) is 37.3 Å². The monoisotopic (exact) mass is 409 g/mol. The molecule has 30 heavy (non-hydrogen) atoms. The molecule has 0 bridgehead atoms. The molecule has 0 atom stereocenters. The molecule has 0 aliphatic heterocycles. The number of pyridine rings is 1. The van der Waals surface area contributed by atoms with Crippen molar-refractivity contribution in [3.63, 3.8) is 0 Å². The third-order valence-corrected chi connectivity index (χ3v) is 4.03. The highest BCUT2D eigenvalue weighted by Gasteiger charge is 2.26. The summed E-state index contributed by atoms with van der Waals surface area (Å²) in [6, 6.07) is 11.7. The minimum absolute atomic E-state index is 0.00336. The van der Waals surface area contributed by atoms with Gasteiger partial charge in [-0.3, -0.25) is 19.4 Å². The molecule has 2 aromatic heterocycles. The van der Waals surface area contributed by atoms with Crippen molar-refractivity contribution in [3.8, 4) is 17.2 Å². The van der Waals surface area contributed by atoms with E-state index >= 15 is 0 Å². The number of oxazole rings is 1. The van der Waals surface area contributed by atoms with Crippen LogP contribution in [0.5, 0.6) is 5.75 Å². The smallest absolute Gasteiger partial charge is 0.323 e. The lowest BCUT2D eigenvalue weighted by molar-refractivity contribution is -0.138. The number of carboxylic acid groups (broad SMARTS) is 1. The van der Waals surface area contributed by atoms with Crippen molar-refractivity contribution in [1.82, 2.24) is 14.9 Å². The van der Waals surface area contributed by atoms with Crippen molar-refractivity contribution in [2.24, 2.45) is 0 Å². The number of amides is 1. The Morgan fingerprint density at radius 3 is 2.63 bits per heavy atom. The number of carboxylic acids is 1. The Morgan fingerprint density at radius 1 is 1.17 bits per heavy atom. The van der Waals surface area contributed by atoms with Crippen LogP contribution in [0.15, 0.2) is 53.1 Å². The van der Waals surface area contributed by atoms with Crippen LogP contribution in [0.3, 0.4) is 0 Å². The van der Waals surface area contributed by atoms with Gasteiger partial charge in [0.15, 0.2) is 0 Å². The summed E-state index contributed by atoms with van der Waals surface area (Å²) in [4.78, 5) is 45.0. The van der Waals surface area contributed by atoms with E-state index in [9.17, 15) is 19.5 Å². The molecule has 0 aliphatic carbocycles. The Kier molecular flexibility index (Phi) is 6.21. The second-order valence-electron chi connectivity index (χ2n) is 6.43.